The molecule has 4 nitrogen and oxygen atoms in total. The van der Waals surface area contributed by atoms with Gasteiger partial charge >= 0.3 is 0 Å². The second kappa shape index (κ2) is 2.75. The summed E-state index contributed by atoms with van der Waals surface area (Å²) in [4.78, 5) is 5.60. The van der Waals surface area contributed by atoms with Crippen LogP contribution in [0.1, 0.15) is 12.7 Å². The van der Waals surface area contributed by atoms with Crippen LogP contribution in [0.4, 0.5) is 0 Å². The molecule has 0 atom stereocenters. The third kappa shape index (κ3) is 0.899. The summed E-state index contributed by atoms with van der Waals surface area (Å²) >= 11 is 1.64. The minimum Gasteiger partial charge on any atom is -0.269 e. The van der Waals surface area contributed by atoms with Crippen molar-refractivity contribution in [3.63, 3.8) is 0 Å². The van der Waals surface area contributed by atoms with Crippen LogP contribution in [0.15, 0.2) is 17.8 Å². The molecule has 0 N–H and O–H groups in total. The normalized spacial score (nSPS) is 11.5. The van der Waals surface area contributed by atoms with Gasteiger partial charge in [0, 0.05) is 6.42 Å². The molecule has 0 aromatic carbocycles. The topological polar surface area (TPSA) is 43.1 Å². The lowest BCUT2D eigenvalue weighted by Crippen LogP contribution is -1.97. The lowest BCUT2D eigenvalue weighted by molar-refractivity contribution is 0.911. The lowest BCUT2D eigenvalue weighted by atomic mass is 10.3. The molecule has 3 aromatic heterocycles. The van der Waals surface area contributed by atoms with Crippen LogP contribution in [0.3, 0.4) is 0 Å². The predicted octanol–water partition coefficient (Wildman–Crippen LogP) is 1.90. The number of thiophene rings is 1. The van der Waals surface area contributed by atoms with Crippen LogP contribution < -0.4 is 0 Å². The van der Waals surface area contributed by atoms with E-state index in [9.17, 15) is 0 Å². The quantitative estimate of drug-likeness (QED) is 0.608. The second-order valence-electron chi connectivity index (χ2n) is 3.05. The van der Waals surface area contributed by atoms with E-state index in [0.717, 1.165) is 28.1 Å². The van der Waals surface area contributed by atoms with Crippen molar-refractivity contribution in [2.45, 2.75) is 13.3 Å². The van der Waals surface area contributed by atoms with Gasteiger partial charge in [-0.25, -0.2) is 4.98 Å². The fourth-order valence-electron chi connectivity index (χ4n) is 1.59. The Bertz CT molecular complexity index is 595. The molecule has 0 saturated heterocycles. The van der Waals surface area contributed by atoms with Crippen molar-refractivity contribution in [1.82, 2.24) is 19.6 Å². The Morgan fingerprint density at radius 3 is 3.29 bits per heavy atom. The highest BCUT2D eigenvalue weighted by Gasteiger charge is 2.08. The van der Waals surface area contributed by atoms with E-state index < -0.39 is 0 Å². The van der Waals surface area contributed by atoms with Crippen LogP contribution in [0.2, 0.25) is 0 Å². The van der Waals surface area contributed by atoms with Gasteiger partial charge in [-0.15, -0.1) is 21.5 Å². The maximum Gasteiger partial charge on any atom is 0.172 e. The first-order chi connectivity index (χ1) is 6.90. The van der Waals surface area contributed by atoms with Crippen molar-refractivity contribution < 1.29 is 0 Å². The molecule has 0 bridgehead atoms. The molecule has 0 spiro atoms. The number of hydrogen-bond donors (Lipinski definition) is 0. The van der Waals surface area contributed by atoms with E-state index in [2.05, 4.69) is 22.1 Å². The highest BCUT2D eigenvalue weighted by atomic mass is 32.1. The average molecular weight is 204 g/mol. The molecule has 70 valence electrons. The van der Waals surface area contributed by atoms with Gasteiger partial charge in [-0.2, -0.15) is 0 Å². The summed E-state index contributed by atoms with van der Waals surface area (Å²) < 4.78 is 1.95. The van der Waals surface area contributed by atoms with Crippen LogP contribution in [0.25, 0.3) is 15.9 Å². The molecular weight excluding hydrogens is 196 g/mol. The van der Waals surface area contributed by atoms with Crippen molar-refractivity contribution in [2.24, 2.45) is 0 Å². The van der Waals surface area contributed by atoms with Crippen molar-refractivity contribution >= 4 is 27.2 Å². The molecule has 0 amide bonds. The van der Waals surface area contributed by atoms with Crippen LogP contribution in [0, 0.1) is 0 Å². The third-order valence-corrected chi connectivity index (χ3v) is 3.06. The Balaban J connectivity index is 2.59. The summed E-state index contributed by atoms with van der Waals surface area (Å²) in [5.74, 6) is 1.01. The maximum absolute atomic E-state index is 4.56. The third-order valence-electron chi connectivity index (χ3n) is 2.26. The molecule has 3 rings (SSSR count). The van der Waals surface area contributed by atoms with Gasteiger partial charge in [-0.1, -0.05) is 6.92 Å². The van der Waals surface area contributed by atoms with Crippen molar-refractivity contribution in [1.29, 1.82) is 0 Å². The molecule has 0 aliphatic carbocycles. The van der Waals surface area contributed by atoms with E-state index in [0.29, 0.717) is 0 Å². The summed E-state index contributed by atoms with van der Waals surface area (Å²) in [6, 6.07) is 2.04. The Hall–Kier alpha value is -1.49. The smallest absolute Gasteiger partial charge is 0.172 e. The number of hydrogen-bond acceptors (Lipinski definition) is 4. The van der Waals surface area contributed by atoms with Gasteiger partial charge in [0.2, 0.25) is 0 Å². The van der Waals surface area contributed by atoms with Gasteiger partial charge in [0.15, 0.2) is 5.65 Å². The zero-order chi connectivity index (χ0) is 9.54. The molecule has 3 aromatic rings. The van der Waals surface area contributed by atoms with Crippen molar-refractivity contribution in [2.75, 3.05) is 0 Å². The molecular formula is C9H8N4S. The van der Waals surface area contributed by atoms with Crippen molar-refractivity contribution in [3.8, 4) is 0 Å². The number of nitrogens with zero attached hydrogens (tertiary/aromatic N) is 4. The monoisotopic (exact) mass is 204 g/mol. The standard InChI is InChI=1S/C9H8N4S/c1-2-7-11-9-6(3-4-14-9)8-12-10-5-13(7)8/h3-5H,2H2,1H3. The van der Waals surface area contributed by atoms with Gasteiger partial charge in [-0.3, -0.25) is 4.40 Å². The molecule has 0 saturated carbocycles. The summed E-state index contributed by atoms with van der Waals surface area (Å²) in [6.45, 7) is 2.08. The van der Waals surface area contributed by atoms with Gasteiger partial charge in [-0.05, 0) is 11.4 Å². The minimum absolute atomic E-state index is 0.891. The molecule has 3 heterocycles. The Morgan fingerprint density at radius 2 is 2.43 bits per heavy atom. The van der Waals surface area contributed by atoms with E-state index in [1.54, 1.807) is 17.7 Å². The lowest BCUT2D eigenvalue weighted by Gasteiger charge is -2.00. The number of aromatic nitrogens is 4. The Morgan fingerprint density at radius 1 is 1.50 bits per heavy atom. The number of fused-ring (bicyclic) bond motifs is 3. The molecule has 0 fully saturated rings. The largest absolute Gasteiger partial charge is 0.269 e. The number of rotatable bonds is 1. The molecule has 14 heavy (non-hydrogen) atoms. The highest BCUT2D eigenvalue weighted by Crippen LogP contribution is 2.22. The molecule has 0 radical (unpaired) electrons. The van der Waals surface area contributed by atoms with Gasteiger partial charge < -0.3 is 0 Å². The SMILES string of the molecule is CCc1nc2sccc2c2nncn12. The summed E-state index contributed by atoms with van der Waals surface area (Å²) in [6.07, 6.45) is 2.61. The fourth-order valence-corrected chi connectivity index (χ4v) is 2.36. The molecule has 0 aliphatic heterocycles. The summed E-state index contributed by atoms with van der Waals surface area (Å²) in [5, 5.41) is 11.1. The van der Waals surface area contributed by atoms with E-state index in [-0.39, 0.29) is 0 Å². The summed E-state index contributed by atoms with van der Waals surface area (Å²) in [7, 11) is 0. The van der Waals surface area contributed by atoms with E-state index in [4.69, 9.17) is 0 Å². The molecule has 0 aliphatic rings. The number of aryl methyl sites for hydroxylation is 1. The second-order valence-corrected chi connectivity index (χ2v) is 3.94. The maximum atomic E-state index is 4.56. The first-order valence-corrected chi connectivity index (χ1v) is 5.34. The average Bonchev–Trinajstić information content (AvgIpc) is 2.83. The summed E-state index contributed by atoms with van der Waals surface area (Å²) in [5.41, 5.74) is 0.910. The zero-order valence-corrected chi connectivity index (χ0v) is 8.45. The van der Waals surface area contributed by atoms with Crippen LogP contribution >= 0.6 is 11.3 Å². The van der Waals surface area contributed by atoms with Gasteiger partial charge in [0.05, 0.1) is 5.39 Å². The highest BCUT2D eigenvalue weighted by molar-refractivity contribution is 7.16. The first-order valence-electron chi connectivity index (χ1n) is 4.46. The van der Waals surface area contributed by atoms with Crippen LogP contribution in [0.5, 0.6) is 0 Å². The van der Waals surface area contributed by atoms with Crippen LogP contribution in [-0.4, -0.2) is 19.6 Å². The Kier molecular flexibility index (Phi) is 1.55. The Labute approximate surface area is 84.2 Å². The minimum atomic E-state index is 0.891. The van der Waals surface area contributed by atoms with Gasteiger partial charge in [0.1, 0.15) is 17.0 Å². The van der Waals surface area contributed by atoms with Gasteiger partial charge in [0.25, 0.3) is 0 Å². The zero-order valence-electron chi connectivity index (χ0n) is 7.64. The molecule has 0 unspecified atom stereocenters. The fraction of sp³-hybridized carbons (Fsp3) is 0.222. The first kappa shape index (κ1) is 7.87. The predicted molar refractivity (Wildman–Crippen MR) is 55.5 cm³/mol. The molecule has 5 heteroatoms. The van der Waals surface area contributed by atoms with Crippen LogP contribution in [-0.2, 0) is 6.42 Å². The van der Waals surface area contributed by atoms with Crippen molar-refractivity contribution in [3.05, 3.63) is 23.6 Å². The van der Waals surface area contributed by atoms with E-state index in [1.165, 1.54) is 0 Å². The van der Waals surface area contributed by atoms with E-state index >= 15 is 0 Å². The van der Waals surface area contributed by atoms with E-state index in [1.807, 2.05) is 15.8 Å².